The van der Waals surface area contributed by atoms with Crippen LogP contribution >= 0.6 is 0 Å². The van der Waals surface area contributed by atoms with Crippen LogP contribution in [-0.2, 0) is 6.54 Å². The number of pyridine rings is 1. The molecule has 2 saturated carbocycles. The molecule has 5 nitrogen and oxygen atoms in total. The van der Waals surface area contributed by atoms with E-state index in [0.29, 0.717) is 5.92 Å². The molecule has 2 aromatic rings. The molecule has 3 heterocycles. The smallest absolute Gasteiger partial charge is 0.154 e. The van der Waals surface area contributed by atoms with Crippen LogP contribution < -0.4 is 5.32 Å². The Balaban J connectivity index is 1.51. The standard InChI is InChI=1S/C16H19N5/c1-3-17-4-2-10(1)14-16-20-19-15(21(16)6-5-18-14)13-8-11-7-12(11)9-13/h1-4,11-14,18H,5-9H2. The number of nitrogens with zero attached hydrogens (tertiary/aromatic N) is 4. The van der Waals surface area contributed by atoms with Gasteiger partial charge in [-0.15, -0.1) is 10.2 Å². The predicted molar refractivity (Wildman–Crippen MR) is 77.7 cm³/mol. The normalized spacial score (nSPS) is 33.5. The van der Waals surface area contributed by atoms with Crippen LogP contribution in [0.15, 0.2) is 24.5 Å². The summed E-state index contributed by atoms with van der Waals surface area (Å²) in [6.07, 6.45) is 7.81. The van der Waals surface area contributed by atoms with Gasteiger partial charge in [0.1, 0.15) is 5.82 Å². The van der Waals surface area contributed by atoms with Crippen LogP contribution in [0, 0.1) is 11.8 Å². The molecule has 3 atom stereocenters. The summed E-state index contributed by atoms with van der Waals surface area (Å²) < 4.78 is 2.37. The van der Waals surface area contributed by atoms with E-state index in [9.17, 15) is 0 Å². The van der Waals surface area contributed by atoms with E-state index < -0.39 is 0 Å². The highest BCUT2D eigenvalue weighted by Gasteiger charge is 2.48. The summed E-state index contributed by atoms with van der Waals surface area (Å²) in [4.78, 5) is 4.11. The number of hydrogen-bond acceptors (Lipinski definition) is 4. The number of aromatic nitrogens is 4. The van der Waals surface area contributed by atoms with Gasteiger partial charge in [-0.3, -0.25) is 4.98 Å². The number of hydrogen-bond donors (Lipinski definition) is 1. The van der Waals surface area contributed by atoms with Crippen molar-refractivity contribution in [3.05, 3.63) is 41.7 Å². The third kappa shape index (κ3) is 1.83. The predicted octanol–water partition coefficient (Wildman–Crippen LogP) is 1.88. The zero-order chi connectivity index (χ0) is 13.8. The molecule has 2 aliphatic carbocycles. The van der Waals surface area contributed by atoms with E-state index in [4.69, 9.17) is 0 Å². The topological polar surface area (TPSA) is 55.6 Å². The first-order valence-corrected chi connectivity index (χ1v) is 7.96. The van der Waals surface area contributed by atoms with E-state index in [-0.39, 0.29) is 6.04 Å². The van der Waals surface area contributed by atoms with Gasteiger partial charge in [-0.05, 0) is 48.8 Å². The molecule has 21 heavy (non-hydrogen) atoms. The molecule has 1 aliphatic heterocycles. The number of rotatable bonds is 2. The van der Waals surface area contributed by atoms with Gasteiger partial charge in [0.05, 0.1) is 6.04 Å². The van der Waals surface area contributed by atoms with Crippen molar-refractivity contribution >= 4 is 0 Å². The average Bonchev–Trinajstić information content (AvgIpc) is 2.98. The molecule has 108 valence electrons. The van der Waals surface area contributed by atoms with Crippen molar-refractivity contribution in [1.82, 2.24) is 25.1 Å². The summed E-state index contributed by atoms with van der Waals surface area (Å²) >= 11 is 0. The first-order chi connectivity index (χ1) is 10.4. The third-order valence-corrected chi connectivity index (χ3v) is 5.40. The number of fused-ring (bicyclic) bond motifs is 2. The molecule has 0 saturated heterocycles. The van der Waals surface area contributed by atoms with Crippen LogP contribution in [-0.4, -0.2) is 26.3 Å². The molecule has 2 aromatic heterocycles. The summed E-state index contributed by atoms with van der Waals surface area (Å²) in [5.41, 5.74) is 1.22. The maximum absolute atomic E-state index is 4.57. The molecule has 3 unspecified atom stereocenters. The van der Waals surface area contributed by atoms with Crippen molar-refractivity contribution < 1.29 is 0 Å². The molecule has 1 N–H and O–H groups in total. The molecule has 3 aliphatic rings. The van der Waals surface area contributed by atoms with Gasteiger partial charge in [0.2, 0.25) is 0 Å². The Labute approximate surface area is 123 Å². The van der Waals surface area contributed by atoms with Gasteiger partial charge in [-0.25, -0.2) is 0 Å². The Morgan fingerprint density at radius 2 is 1.76 bits per heavy atom. The van der Waals surface area contributed by atoms with Crippen molar-refractivity contribution in [2.45, 2.75) is 37.8 Å². The van der Waals surface area contributed by atoms with Gasteiger partial charge in [-0.2, -0.15) is 0 Å². The molecule has 5 heteroatoms. The lowest BCUT2D eigenvalue weighted by molar-refractivity contribution is 0.433. The van der Waals surface area contributed by atoms with Crippen LogP contribution in [0.5, 0.6) is 0 Å². The minimum absolute atomic E-state index is 0.152. The van der Waals surface area contributed by atoms with E-state index in [1.54, 1.807) is 0 Å². The van der Waals surface area contributed by atoms with Crippen LogP contribution in [0.4, 0.5) is 0 Å². The van der Waals surface area contributed by atoms with Crippen molar-refractivity contribution in [2.24, 2.45) is 11.8 Å². The quantitative estimate of drug-likeness (QED) is 0.913. The summed E-state index contributed by atoms with van der Waals surface area (Å²) in [5.74, 6) is 4.92. The van der Waals surface area contributed by atoms with Crippen LogP contribution in [0.1, 0.15) is 48.4 Å². The molecular formula is C16H19N5. The molecule has 2 fully saturated rings. The zero-order valence-electron chi connectivity index (χ0n) is 11.9. The molecular weight excluding hydrogens is 262 g/mol. The fourth-order valence-corrected chi connectivity index (χ4v) is 4.23. The largest absolute Gasteiger partial charge is 0.312 e. The SMILES string of the molecule is c1cc(C2NCCn3c(C4CC5CC5C4)nnc32)ccn1. The van der Waals surface area contributed by atoms with E-state index in [2.05, 4.69) is 37.2 Å². The van der Waals surface area contributed by atoms with Crippen molar-refractivity contribution in [1.29, 1.82) is 0 Å². The molecule has 0 amide bonds. The second-order valence-electron chi connectivity index (χ2n) is 6.66. The number of nitrogens with one attached hydrogen (secondary N) is 1. The Hall–Kier alpha value is -1.75. The Bertz CT molecular complexity index is 655. The van der Waals surface area contributed by atoms with Gasteiger partial charge in [-0.1, -0.05) is 0 Å². The lowest BCUT2D eigenvalue weighted by atomic mass is 10.0. The van der Waals surface area contributed by atoms with E-state index in [1.807, 2.05) is 12.4 Å². The van der Waals surface area contributed by atoms with Crippen LogP contribution in [0.2, 0.25) is 0 Å². The van der Waals surface area contributed by atoms with Crippen molar-refractivity contribution in [3.8, 4) is 0 Å². The molecule has 0 aromatic carbocycles. The van der Waals surface area contributed by atoms with Crippen LogP contribution in [0.3, 0.4) is 0 Å². The van der Waals surface area contributed by atoms with Gasteiger partial charge in [0, 0.05) is 31.4 Å². The van der Waals surface area contributed by atoms with Crippen molar-refractivity contribution in [2.75, 3.05) is 6.54 Å². The summed E-state index contributed by atoms with van der Waals surface area (Å²) in [6.45, 7) is 1.97. The van der Waals surface area contributed by atoms with Gasteiger partial charge < -0.3 is 9.88 Å². The molecule has 0 spiro atoms. The van der Waals surface area contributed by atoms with Gasteiger partial charge >= 0.3 is 0 Å². The maximum Gasteiger partial charge on any atom is 0.154 e. The monoisotopic (exact) mass is 281 g/mol. The van der Waals surface area contributed by atoms with E-state index in [1.165, 1.54) is 30.7 Å². The Kier molecular flexibility index (Phi) is 2.47. The maximum atomic E-state index is 4.57. The fourth-order valence-electron chi connectivity index (χ4n) is 4.23. The van der Waals surface area contributed by atoms with E-state index >= 15 is 0 Å². The fraction of sp³-hybridized carbons (Fsp3) is 0.562. The molecule has 0 bridgehead atoms. The average molecular weight is 281 g/mol. The van der Waals surface area contributed by atoms with Gasteiger partial charge in [0.15, 0.2) is 5.82 Å². The summed E-state index contributed by atoms with van der Waals surface area (Å²) in [7, 11) is 0. The highest BCUT2D eigenvalue weighted by Crippen LogP contribution is 2.57. The Morgan fingerprint density at radius 3 is 2.57 bits per heavy atom. The third-order valence-electron chi connectivity index (χ3n) is 5.40. The molecule has 0 radical (unpaired) electrons. The highest BCUT2D eigenvalue weighted by atomic mass is 15.3. The van der Waals surface area contributed by atoms with Gasteiger partial charge in [0.25, 0.3) is 0 Å². The van der Waals surface area contributed by atoms with Crippen LogP contribution in [0.25, 0.3) is 0 Å². The summed E-state index contributed by atoms with van der Waals surface area (Å²) in [6, 6.07) is 4.28. The lowest BCUT2D eigenvalue weighted by Crippen LogP contribution is -2.35. The minimum Gasteiger partial charge on any atom is -0.312 e. The van der Waals surface area contributed by atoms with Crippen molar-refractivity contribution in [3.63, 3.8) is 0 Å². The second-order valence-corrected chi connectivity index (χ2v) is 6.66. The van der Waals surface area contributed by atoms with E-state index in [0.717, 1.165) is 30.7 Å². The Morgan fingerprint density at radius 1 is 1.00 bits per heavy atom. The first kappa shape index (κ1) is 11.9. The summed E-state index contributed by atoms with van der Waals surface area (Å²) in [5, 5.41) is 12.7. The first-order valence-electron chi connectivity index (χ1n) is 7.96. The highest BCUT2D eigenvalue weighted by molar-refractivity contribution is 5.25. The minimum atomic E-state index is 0.152. The molecule has 5 rings (SSSR count). The lowest BCUT2D eigenvalue weighted by Gasteiger charge is -2.26. The second kappa shape index (κ2) is 4.37. The zero-order valence-corrected chi connectivity index (χ0v) is 11.9.